The lowest BCUT2D eigenvalue weighted by Gasteiger charge is -2.36. The van der Waals surface area contributed by atoms with Gasteiger partial charge in [-0.1, -0.05) is 18.2 Å². The standard InChI is InChI=1S/C19H36N2/c1-7-20(6,8-2)16-18-13-12-14-19(15-18)17-21(9-3,10-4)11-5/h12-15H,7-11,16-17H2,1-6H3/q+2. The maximum absolute atomic E-state index is 2.44. The number of nitrogens with zero attached hydrogens (tertiary/aromatic N) is 2. The molecule has 0 aliphatic rings. The van der Waals surface area contributed by atoms with E-state index < -0.39 is 0 Å². The molecule has 0 bridgehead atoms. The normalized spacial score (nSPS) is 12.7. The number of hydrogen-bond acceptors (Lipinski definition) is 0. The van der Waals surface area contributed by atoms with Crippen molar-refractivity contribution in [2.24, 2.45) is 0 Å². The predicted molar refractivity (Wildman–Crippen MR) is 93.0 cm³/mol. The van der Waals surface area contributed by atoms with Gasteiger partial charge in [-0.25, -0.2) is 0 Å². The minimum absolute atomic E-state index is 1.12. The molecule has 21 heavy (non-hydrogen) atoms. The van der Waals surface area contributed by atoms with Crippen molar-refractivity contribution in [2.45, 2.75) is 47.7 Å². The molecular weight excluding hydrogens is 256 g/mol. The molecule has 1 aromatic carbocycles. The van der Waals surface area contributed by atoms with Crippen LogP contribution in [0, 0.1) is 0 Å². The van der Waals surface area contributed by atoms with Gasteiger partial charge in [0.1, 0.15) is 13.1 Å². The number of benzene rings is 1. The Morgan fingerprint density at radius 3 is 1.62 bits per heavy atom. The molecule has 0 unspecified atom stereocenters. The number of rotatable bonds is 9. The van der Waals surface area contributed by atoms with Gasteiger partial charge in [0.15, 0.2) is 0 Å². The van der Waals surface area contributed by atoms with Crippen molar-refractivity contribution in [3.63, 3.8) is 0 Å². The van der Waals surface area contributed by atoms with Crippen LogP contribution >= 0.6 is 0 Å². The molecule has 2 nitrogen and oxygen atoms in total. The molecule has 120 valence electrons. The average Bonchev–Trinajstić information content (AvgIpc) is 2.53. The fourth-order valence-corrected chi connectivity index (χ4v) is 3.11. The first-order valence-electron chi connectivity index (χ1n) is 8.72. The Hall–Kier alpha value is -0.860. The fraction of sp³-hybridized carbons (Fsp3) is 0.684. The summed E-state index contributed by atoms with van der Waals surface area (Å²) < 4.78 is 2.32. The summed E-state index contributed by atoms with van der Waals surface area (Å²) in [6.45, 7) is 19.9. The van der Waals surface area contributed by atoms with Crippen molar-refractivity contribution < 1.29 is 8.97 Å². The maximum Gasteiger partial charge on any atom is 0.104 e. The molecule has 0 aliphatic carbocycles. The molecule has 0 heterocycles. The Kier molecular flexibility index (Phi) is 6.89. The van der Waals surface area contributed by atoms with E-state index >= 15 is 0 Å². The lowest BCUT2D eigenvalue weighted by atomic mass is 10.1. The molecule has 0 saturated heterocycles. The smallest absolute Gasteiger partial charge is 0.104 e. The van der Waals surface area contributed by atoms with E-state index in [1.165, 1.54) is 54.9 Å². The van der Waals surface area contributed by atoms with Gasteiger partial charge in [0.05, 0.1) is 39.8 Å². The molecule has 0 fully saturated rings. The first-order valence-corrected chi connectivity index (χ1v) is 8.72. The van der Waals surface area contributed by atoms with Crippen molar-refractivity contribution in [3.05, 3.63) is 35.4 Å². The molecule has 1 rings (SSSR count). The van der Waals surface area contributed by atoms with Crippen LogP contribution < -0.4 is 0 Å². The molecule has 2 heteroatoms. The van der Waals surface area contributed by atoms with Crippen molar-refractivity contribution in [2.75, 3.05) is 39.8 Å². The molecule has 0 aliphatic heterocycles. The minimum Gasteiger partial charge on any atom is -0.323 e. The third kappa shape index (κ3) is 4.82. The summed E-state index contributed by atoms with van der Waals surface area (Å²) in [7, 11) is 2.36. The first-order chi connectivity index (χ1) is 9.96. The van der Waals surface area contributed by atoms with Gasteiger partial charge in [-0.05, 0) is 40.7 Å². The fourth-order valence-electron chi connectivity index (χ4n) is 3.11. The predicted octanol–water partition coefficient (Wildman–Crippen LogP) is 4.05. The van der Waals surface area contributed by atoms with Crippen molar-refractivity contribution >= 4 is 0 Å². The third-order valence-electron chi connectivity index (χ3n) is 5.61. The van der Waals surface area contributed by atoms with Gasteiger partial charge < -0.3 is 8.97 Å². The Labute approximate surface area is 132 Å². The number of hydrogen-bond donors (Lipinski definition) is 0. The van der Waals surface area contributed by atoms with E-state index in [1.807, 2.05) is 0 Å². The molecule has 0 radical (unpaired) electrons. The van der Waals surface area contributed by atoms with Crippen LogP contribution in [-0.2, 0) is 13.1 Å². The monoisotopic (exact) mass is 292 g/mol. The van der Waals surface area contributed by atoms with Gasteiger partial charge in [0, 0.05) is 11.1 Å². The summed E-state index contributed by atoms with van der Waals surface area (Å²) in [4.78, 5) is 0. The maximum atomic E-state index is 2.44. The summed E-state index contributed by atoms with van der Waals surface area (Å²) in [5, 5.41) is 0. The summed E-state index contributed by atoms with van der Waals surface area (Å²) in [5.74, 6) is 0. The molecular formula is C19H36N2+2. The molecule has 0 N–H and O–H groups in total. The average molecular weight is 293 g/mol. The topological polar surface area (TPSA) is 0 Å². The van der Waals surface area contributed by atoms with Gasteiger partial charge in [0.2, 0.25) is 0 Å². The van der Waals surface area contributed by atoms with Gasteiger partial charge in [0.25, 0.3) is 0 Å². The van der Waals surface area contributed by atoms with Gasteiger partial charge >= 0.3 is 0 Å². The Morgan fingerprint density at radius 2 is 1.19 bits per heavy atom. The zero-order valence-corrected chi connectivity index (χ0v) is 15.2. The van der Waals surface area contributed by atoms with Crippen LogP contribution in [0.4, 0.5) is 0 Å². The van der Waals surface area contributed by atoms with E-state index in [9.17, 15) is 0 Å². The van der Waals surface area contributed by atoms with E-state index in [2.05, 4.69) is 65.9 Å². The Morgan fingerprint density at radius 1 is 0.714 bits per heavy atom. The van der Waals surface area contributed by atoms with Crippen molar-refractivity contribution in [3.8, 4) is 0 Å². The van der Waals surface area contributed by atoms with Crippen LogP contribution in [0.25, 0.3) is 0 Å². The molecule has 0 saturated carbocycles. The SMILES string of the molecule is CC[N+](C)(CC)Cc1cccc(C[N+](CC)(CC)CC)c1. The Bertz CT molecular complexity index is 409. The highest BCUT2D eigenvalue weighted by atomic mass is 15.3. The second kappa shape index (κ2) is 7.95. The van der Waals surface area contributed by atoms with Crippen LogP contribution in [-0.4, -0.2) is 48.7 Å². The number of quaternary nitrogens is 2. The van der Waals surface area contributed by atoms with Crippen LogP contribution in [0.3, 0.4) is 0 Å². The van der Waals surface area contributed by atoms with E-state index in [0.717, 1.165) is 11.0 Å². The van der Waals surface area contributed by atoms with Gasteiger partial charge in [-0.2, -0.15) is 0 Å². The lowest BCUT2D eigenvalue weighted by molar-refractivity contribution is -0.936. The summed E-state index contributed by atoms with van der Waals surface area (Å²) in [6.07, 6.45) is 0. The lowest BCUT2D eigenvalue weighted by Crippen LogP contribution is -2.46. The molecule has 0 aromatic heterocycles. The summed E-state index contributed by atoms with van der Waals surface area (Å²) in [5.41, 5.74) is 2.98. The molecule has 0 amide bonds. The van der Waals surface area contributed by atoms with Crippen LogP contribution in [0.2, 0.25) is 0 Å². The highest BCUT2D eigenvalue weighted by molar-refractivity contribution is 5.22. The summed E-state index contributed by atoms with van der Waals surface area (Å²) >= 11 is 0. The minimum atomic E-state index is 1.12. The zero-order valence-electron chi connectivity index (χ0n) is 15.2. The largest absolute Gasteiger partial charge is 0.323 e. The van der Waals surface area contributed by atoms with Crippen molar-refractivity contribution in [1.82, 2.24) is 0 Å². The van der Waals surface area contributed by atoms with Gasteiger partial charge in [-0.15, -0.1) is 0 Å². The second-order valence-corrected chi connectivity index (χ2v) is 6.68. The van der Waals surface area contributed by atoms with Crippen LogP contribution in [0.1, 0.15) is 45.7 Å². The highest BCUT2D eigenvalue weighted by Crippen LogP contribution is 2.18. The Balaban J connectivity index is 2.90. The molecule has 1 aromatic rings. The van der Waals surface area contributed by atoms with E-state index in [0.29, 0.717) is 0 Å². The van der Waals surface area contributed by atoms with Gasteiger partial charge in [-0.3, -0.25) is 0 Å². The zero-order chi connectivity index (χ0) is 15.9. The molecule has 0 atom stereocenters. The molecule has 0 spiro atoms. The van der Waals surface area contributed by atoms with Crippen LogP contribution in [0.15, 0.2) is 24.3 Å². The van der Waals surface area contributed by atoms with Crippen LogP contribution in [0.5, 0.6) is 0 Å². The first kappa shape index (κ1) is 18.2. The summed E-state index contributed by atoms with van der Waals surface area (Å²) in [6, 6.07) is 9.29. The third-order valence-corrected chi connectivity index (χ3v) is 5.61. The van der Waals surface area contributed by atoms with E-state index in [-0.39, 0.29) is 0 Å². The second-order valence-electron chi connectivity index (χ2n) is 6.68. The van der Waals surface area contributed by atoms with E-state index in [1.54, 1.807) is 0 Å². The quantitative estimate of drug-likeness (QED) is 0.602. The highest BCUT2D eigenvalue weighted by Gasteiger charge is 2.22. The van der Waals surface area contributed by atoms with E-state index in [4.69, 9.17) is 0 Å². The van der Waals surface area contributed by atoms with Crippen molar-refractivity contribution in [1.29, 1.82) is 0 Å².